The summed E-state index contributed by atoms with van der Waals surface area (Å²) in [4.78, 5) is 31.1. The summed E-state index contributed by atoms with van der Waals surface area (Å²) in [7, 11) is 0. The van der Waals surface area contributed by atoms with E-state index >= 15 is 0 Å². The van der Waals surface area contributed by atoms with Crippen LogP contribution in [0.4, 0.5) is 0 Å². The molecule has 1 amide bonds. The number of fused-ring (bicyclic) bond motifs is 1. The van der Waals surface area contributed by atoms with Crippen LogP contribution in [-0.2, 0) is 17.8 Å². The maximum atomic E-state index is 13.7. The second-order valence-electron chi connectivity index (χ2n) is 9.21. The highest BCUT2D eigenvalue weighted by Crippen LogP contribution is 2.35. The van der Waals surface area contributed by atoms with Gasteiger partial charge in [-0.1, -0.05) is 73.4 Å². The SMILES string of the molecule is C=C(/C=C\C=C/C)c1oc(C2Cc3ccccc3CN2C(=O)C(N)CC2=CCC=C(N=O)C=C2)nc1C. The van der Waals surface area contributed by atoms with E-state index in [0.29, 0.717) is 48.7 Å². The number of hydrogen-bond donors (Lipinski definition) is 1. The van der Waals surface area contributed by atoms with Gasteiger partial charge in [-0.05, 0) is 54.6 Å². The van der Waals surface area contributed by atoms with E-state index in [9.17, 15) is 9.70 Å². The molecule has 0 radical (unpaired) electrons. The van der Waals surface area contributed by atoms with Crippen LogP contribution in [0, 0.1) is 11.8 Å². The topological polar surface area (TPSA) is 102 Å². The zero-order valence-corrected chi connectivity index (χ0v) is 21.3. The molecule has 0 bridgehead atoms. The number of nitrogens with two attached hydrogens (primary N) is 1. The van der Waals surface area contributed by atoms with Crippen LogP contribution >= 0.6 is 0 Å². The van der Waals surface area contributed by atoms with Crippen LogP contribution in [0.2, 0.25) is 0 Å². The van der Waals surface area contributed by atoms with E-state index in [0.717, 1.165) is 22.4 Å². The fraction of sp³-hybridized carbons (Fsp3) is 0.267. The molecule has 2 heterocycles. The monoisotopic (exact) mass is 496 g/mol. The first-order valence-corrected chi connectivity index (χ1v) is 12.4. The van der Waals surface area contributed by atoms with Crippen molar-refractivity contribution in [3.05, 3.63) is 124 Å². The second-order valence-corrected chi connectivity index (χ2v) is 9.21. The van der Waals surface area contributed by atoms with Gasteiger partial charge in [0.25, 0.3) is 0 Å². The maximum absolute atomic E-state index is 13.7. The number of aromatic nitrogens is 1. The summed E-state index contributed by atoms with van der Waals surface area (Å²) in [5, 5.41) is 2.99. The fourth-order valence-electron chi connectivity index (χ4n) is 4.62. The molecule has 0 spiro atoms. The molecule has 1 aliphatic carbocycles. The van der Waals surface area contributed by atoms with Crippen molar-refractivity contribution in [3.8, 4) is 0 Å². The van der Waals surface area contributed by atoms with Crippen molar-refractivity contribution in [2.75, 3.05) is 0 Å². The molecule has 2 N–H and O–H groups in total. The molecule has 0 saturated heterocycles. The quantitative estimate of drug-likeness (QED) is 0.356. The molecule has 0 fully saturated rings. The molecule has 4 rings (SSSR count). The Bertz CT molecular complexity index is 1340. The predicted octanol–water partition coefficient (Wildman–Crippen LogP) is 6.01. The minimum atomic E-state index is -0.760. The number of rotatable bonds is 8. The van der Waals surface area contributed by atoms with Crippen molar-refractivity contribution in [2.45, 2.75) is 51.7 Å². The molecule has 2 unspecified atom stereocenters. The van der Waals surface area contributed by atoms with E-state index in [4.69, 9.17) is 15.1 Å². The molecule has 7 nitrogen and oxygen atoms in total. The molecule has 190 valence electrons. The van der Waals surface area contributed by atoms with Crippen LogP contribution in [0.3, 0.4) is 0 Å². The average Bonchev–Trinajstić information content (AvgIpc) is 3.15. The normalized spacial score (nSPS) is 18.4. The lowest BCUT2D eigenvalue weighted by Gasteiger charge is -2.36. The number of nitrogens with zero attached hydrogens (tertiary/aromatic N) is 3. The van der Waals surface area contributed by atoms with Crippen LogP contribution in [0.25, 0.3) is 5.57 Å². The minimum Gasteiger partial charge on any atom is -0.438 e. The standard InChI is InChI=1S/C30H32N4O3/c1-4-5-6-10-20(2)28-21(3)32-29(37-28)27-18-23-12-7-8-13-24(23)19-34(27)30(35)26(31)17-22-11-9-14-25(33-36)16-15-22/h4-8,10-16,26-27H,2,9,17-19,31H2,1,3H3/b5-4-,10-6-. The second kappa shape index (κ2) is 11.8. The summed E-state index contributed by atoms with van der Waals surface area (Å²) in [5.41, 5.74) is 11.4. The number of oxazole rings is 1. The number of nitroso groups, excluding NO2 is 1. The van der Waals surface area contributed by atoms with Crippen molar-refractivity contribution in [1.82, 2.24) is 9.88 Å². The fourth-order valence-corrected chi connectivity index (χ4v) is 4.62. The maximum Gasteiger partial charge on any atom is 0.240 e. The van der Waals surface area contributed by atoms with E-state index in [-0.39, 0.29) is 11.9 Å². The van der Waals surface area contributed by atoms with E-state index in [1.807, 2.05) is 62.4 Å². The number of benzene rings is 1. The summed E-state index contributed by atoms with van der Waals surface area (Å²) in [6, 6.07) is 6.94. The molecule has 37 heavy (non-hydrogen) atoms. The minimum absolute atomic E-state index is 0.177. The molecular formula is C30H32N4O3. The van der Waals surface area contributed by atoms with Gasteiger partial charge < -0.3 is 15.1 Å². The van der Waals surface area contributed by atoms with Gasteiger partial charge in [0.15, 0.2) is 5.76 Å². The first-order chi connectivity index (χ1) is 17.9. The third kappa shape index (κ3) is 6.01. The van der Waals surface area contributed by atoms with Crippen LogP contribution in [-0.4, -0.2) is 21.8 Å². The Morgan fingerprint density at radius 2 is 2.05 bits per heavy atom. The van der Waals surface area contributed by atoms with Crippen molar-refractivity contribution in [1.29, 1.82) is 0 Å². The summed E-state index contributed by atoms with van der Waals surface area (Å²) in [5.74, 6) is 0.902. The molecule has 2 aromatic rings. The molecule has 7 heteroatoms. The van der Waals surface area contributed by atoms with E-state index < -0.39 is 6.04 Å². The van der Waals surface area contributed by atoms with Gasteiger partial charge in [0, 0.05) is 18.5 Å². The lowest BCUT2D eigenvalue weighted by Crippen LogP contribution is -2.47. The van der Waals surface area contributed by atoms with Crippen LogP contribution in [0.1, 0.15) is 54.3 Å². The summed E-state index contributed by atoms with van der Waals surface area (Å²) in [6.07, 6.45) is 16.3. The molecule has 1 aliphatic heterocycles. The van der Waals surface area contributed by atoms with Gasteiger partial charge >= 0.3 is 0 Å². The molecule has 2 atom stereocenters. The van der Waals surface area contributed by atoms with E-state index in [2.05, 4.69) is 17.8 Å². The van der Waals surface area contributed by atoms with Gasteiger partial charge in [-0.3, -0.25) is 4.79 Å². The summed E-state index contributed by atoms with van der Waals surface area (Å²) >= 11 is 0. The number of aryl methyl sites for hydroxylation is 1. The Kier molecular flexibility index (Phi) is 8.25. The number of allylic oxidation sites excluding steroid dienone is 9. The Labute approximate surface area is 217 Å². The molecule has 2 aliphatic rings. The van der Waals surface area contributed by atoms with Gasteiger partial charge in [-0.2, -0.15) is 0 Å². The third-order valence-corrected chi connectivity index (χ3v) is 6.58. The lowest BCUT2D eigenvalue weighted by molar-refractivity contribution is -0.136. The zero-order valence-electron chi connectivity index (χ0n) is 21.3. The number of carbonyl (C=O) groups excluding carboxylic acids is 1. The summed E-state index contributed by atoms with van der Waals surface area (Å²) in [6.45, 7) is 8.37. The molecular weight excluding hydrogens is 464 g/mol. The highest BCUT2D eigenvalue weighted by Gasteiger charge is 2.36. The predicted molar refractivity (Wildman–Crippen MR) is 146 cm³/mol. The van der Waals surface area contributed by atoms with Crippen LogP contribution in [0.15, 0.2) is 100 Å². The van der Waals surface area contributed by atoms with Crippen molar-refractivity contribution in [3.63, 3.8) is 0 Å². The van der Waals surface area contributed by atoms with Crippen LogP contribution in [0.5, 0.6) is 0 Å². The Balaban J connectivity index is 1.60. The Morgan fingerprint density at radius 1 is 1.27 bits per heavy atom. The van der Waals surface area contributed by atoms with Gasteiger partial charge in [0.1, 0.15) is 11.7 Å². The molecule has 1 aromatic heterocycles. The summed E-state index contributed by atoms with van der Waals surface area (Å²) < 4.78 is 6.22. The molecule has 0 saturated carbocycles. The Morgan fingerprint density at radius 3 is 2.81 bits per heavy atom. The van der Waals surface area contributed by atoms with E-state index in [1.54, 1.807) is 23.1 Å². The van der Waals surface area contributed by atoms with Crippen molar-refractivity contribution < 1.29 is 9.21 Å². The first-order valence-electron chi connectivity index (χ1n) is 12.4. The number of hydrogen-bond acceptors (Lipinski definition) is 6. The zero-order chi connectivity index (χ0) is 26.4. The molecule has 1 aromatic carbocycles. The highest BCUT2D eigenvalue weighted by atomic mass is 16.4. The first kappa shape index (κ1) is 26.0. The van der Waals surface area contributed by atoms with Gasteiger partial charge in [0.2, 0.25) is 11.8 Å². The van der Waals surface area contributed by atoms with Gasteiger partial charge in [-0.25, -0.2) is 4.98 Å². The number of carbonyl (C=O) groups is 1. The van der Waals surface area contributed by atoms with Crippen molar-refractivity contribution in [2.24, 2.45) is 10.9 Å². The largest absolute Gasteiger partial charge is 0.438 e. The smallest absolute Gasteiger partial charge is 0.240 e. The number of amides is 1. The van der Waals surface area contributed by atoms with Gasteiger partial charge in [0.05, 0.1) is 11.7 Å². The highest BCUT2D eigenvalue weighted by molar-refractivity contribution is 5.83. The van der Waals surface area contributed by atoms with E-state index in [1.165, 1.54) is 0 Å². The third-order valence-electron chi connectivity index (χ3n) is 6.58. The lowest BCUT2D eigenvalue weighted by atomic mass is 9.92. The van der Waals surface area contributed by atoms with Crippen molar-refractivity contribution >= 4 is 11.5 Å². The average molecular weight is 497 g/mol. The Hall–Kier alpha value is -4.10. The van der Waals surface area contributed by atoms with Crippen LogP contribution < -0.4 is 5.73 Å². The van der Waals surface area contributed by atoms with Gasteiger partial charge in [-0.15, -0.1) is 4.91 Å².